The number of fused-ring (bicyclic) bond motifs is 1. The number of carboxylic acids is 1. The van der Waals surface area contributed by atoms with Gasteiger partial charge in [0.25, 0.3) is 0 Å². The number of nitrogens with two attached hydrogens (primary N) is 3. The number of aromatic amines is 2. The van der Waals surface area contributed by atoms with E-state index < -0.39 is 181 Å². The number of H-pyrrole nitrogens is 2. The molecule has 0 unspecified atom stereocenters. The minimum absolute atomic E-state index is 0.00169. The number of carbonyl (C=O) groups excluding carboxylic acids is 13. The molecule has 0 saturated carbocycles. The first-order chi connectivity index (χ1) is 54.9. The third kappa shape index (κ3) is 31.7. The van der Waals surface area contributed by atoms with Crippen LogP contribution in [0.25, 0.3) is 10.9 Å². The van der Waals surface area contributed by atoms with Gasteiger partial charge in [0, 0.05) is 81.1 Å². The quantitative estimate of drug-likeness (QED) is 0.0107. The molecule has 6 aromatic rings. The van der Waals surface area contributed by atoms with Crippen molar-refractivity contribution in [3.05, 3.63) is 156 Å². The van der Waals surface area contributed by atoms with E-state index in [-0.39, 0.29) is 83.0 Å². The summed E-state index contributed by atoms with van der Waals surface area (Å²) in [4.78, 5) is 205. The van der Waals surface area contributed by atoms with Gasteiger partial charge in [0.15, 0.2) is 11.9 Å². The standard InChI is InChI=1S/C77H104N22O16/c1-5-6-22-53(94-75(115)65(43(2)3)99-74(114)57(90-44(4)100)34-47-26-28-50(101)29-27-47)66(106)88-41-63(103)91-60(36-49-39-83-42-89-49)72(112)96-58(33-46-19-11-8-12-20-46)70(110)92-55(25-16-31-85-77(81)82)69(109)97-59(35-48-38-86-52-23-14-13-21-51(48)52)71(111)98-61(37-64(104)105)73(113)93-54(24-15-30-84-76(79)80)68(108)95-56(67(107)87-40-62(78)102)32-45-17-9-7-10-18-45/h7-14,17-21,23,26-29,38-39,42-43,53-61,65,86,101H,5-6,15-16,22,24-25,30-37,40-41H2,1-4H3,(H2,78,102)(H,83,89)(H,87,107)(H,88,106)(H,90,100)(H,91,103)(H,92,110)(H,93,113)(H,94,115)(H,95,108)(H,96,112)(H,97,109)(H,98,111)(H,99,114)(H,104,105)(H4,79,80,84)(H4,81,82,85)/t53-,54-,55-,56-,57-,58-,59-,60-,61-,65-/m0/s1. The first-order valence-electron chi connectivity index (χ1n) is 37.4. The molecular weight excluding hydrogens is 1490 g/mol. The number of para-hydroxylation sites is 1. The molecule has 0 radical (unpaired) electrons. The maximum Gasteiger partial charge on any atom is 0.305 e. The molecule has 0 bridgehead atoms. The molecule has 26 N–H and O–H groups in total. The Hall–Kier alpha value is -13.5. The number of hydrogen-bond donors (Lipinski definition) is 23. The molecule has 2 aromatic heterocycles. The Morgan fingerprint density at radius 3 is 1.38 bits per heavy atom. The number of aromatic nitrogens is 3. The number of hydrogen-bond acceptors (Lipinski definition) is 18. The summed E-state index contributed by atoms with van der Waals surface area (Å²) >= 11 is 0. The number of unbranched alkanes of at least 4 members (excludes halogenated alkanes) is 1. The lowest BCUT2D eigenvalue weighted by Crippen LogP contribution is -2.61. The van der Waals surface area contributed by atoms with Crippen molar-refractivity contribution in [2.45, 2.75) is 172 Å². The number of imidazole rings is 1. The minimum atomic E-state index is -1.99. The summed E-state index contributed by atoms with van der Waals surface area (Å²) in [7, 11) is 0. The molecule has 0 aliphatic carbocycles. The first kappa shape index (κ1) is 90.4. The summed E-state index contributed by atoms with van der Waals surface area (Å²) in [6.07, 6.45) is 2.88. The van der Waals surface area contributed by atoms with Crippen molar-refractivity contribution in [1.82, 2.24) is 89.4 Å². The van der Waals surface area contributed by atoms with E-state index in [4.69, 9.17) is 28.0 Å². The van der Waals surface area contributed by atoms with Gasteiger partial charge < -0.3 is 112 Å². The van der Waals surface area contributed by atoms with E-state index in [1.165, 1.54) is 31.6 Å². The lowest BCUT2D eigenvalue weighted by molar-refractivity contribution is -0.141. The molecule has 115 heavy (non-hydrogen) atoms. The fourth-order valence-corrected chi connectivity index (χ4v) is 12.2. The summed E-state index contributed by atoms with van der Waals surface area (Å²) in [6, 6.07) is 14.7. The number of guanidine groups is 2. The van der Waals surface area contributed by atoms with Crippen molar-refractivity contribution in [3.8, 4) is 5.75 Å². The van der Waals surface area contributed by atoms with Crippen molar-refractivity contribution in [3.63, 3.8) is 0 Å². The zero-order valence-corrected chi connectivity index (χ0v) is 64.3. The molecule has 38 heteroatoms. The van der Waals surface area contributed by atoms with Gasteiger partial charge in [-0.2, -0.15) is 0 Å². The monoisotopic (exact) mass is 1590 g/mol. The number of benzene rings is 4. The van der Waals surface area contributed by atoms with Gasteiger partial charge in [-0.3, -0.25) is 77.9 Å². The van der Waals surface area contributed by atoms with Gasteiger partial charge in [-0.15, -0.1) is 0 Å². The number of phenols is 1. The fourth-order valence-electron chi connectivity index (χ4n) is 12.2. The fraction of sp³-hybridized carbons (Fsp3) is 0.416. The average molecular weight is 1590 g/mol. The van der Waals surface area contributed by atoms with Gasteiger partial charge in [0.2, 0.25) is 76.8 Å². The molecule has 0 aliphatic heterocycles. The third-order valence-electron chi connectivity index (χ3n) is 18.1. The number of carboxylic acid groups (broad SMARTS) is 1. The molecule has 0 saturated heterocycles. The van der Waals surface area contributed by atoms with Crippen LogP contribution in [0.5, 0.6) is 5.75 Å². The molecular formula is C77H104N22O16. The smallest absolute Gasteiger partial charge is 0.305 e. The molecule has 2 heterocycles. The van der Waals surface area contributed by atoms with E-state index in [2.05, 4.69) is 89.4 Å². The molecule has 0 spiro atoms. The van der Waals surface area contributed by atoms with Gasteiger partial charge in [-0.1, -0.05) is 125 Å². The van der Waals surface area contributed by atoms with Crippen LogP contribution in [-0.2, 0) is 99.2 Å². The lowest BCUT2D eigenvalue weighted by atomic mass is 10.00. The second-order valence-corrected chi connectivity index (χ2v) is 27.7. The molecule has 6 rings (SSSR count). The van der Waals surface area contributed by atoms with Gasteiger partial charge in [0.05, 0.1) is 25.8 Å². The largest absolute Gasteiger partial charge is 0.508 e. The van der Waals surface area contributed by atoms with E-state index in [0.717, 1.165) is 0 Å². The Bertz CT molecular complexity index is 4320. The molecule has 618 valence electrons. The Morgan fingerprint density at radius 1 is 0.452 bits per heavy atom. The molecule has 0 aliphatic rings. The molecule has 10 atom stereocenters. The van der Waals surface area contributed by atoms with Crippen molar-refractivity contribution in [2.24, 2.45) is 23.1 Å². The zero-order valence-electron chi connectivity index (χ0n) is 64.3. The van der Waals surface area contributed by atoms with E-state index >= 15 is 14.4 Å². The Kier molecular flexibility index (Phi) is 36.5. The van der Waals surface area contributed by atoms with Gasteiger partial charge in [0.1, 0.15) is 66.2 Å². The van der Waals surface area contributed by atoms with Crippen LogP contribution in [0, 0.1) is 16.7 Å². The molecule has 13 amide bonds. The first-order valence-corrected chi connectivity index (χ1v) is 37.4. The number of amides is 13. The normalized spacial score (nSPS) is 13.6. The summed E-state index contributed by atoms with van der Waals surface area (Å²) in [5.41, 5.74) is 19.5. The van der Waals surface area contributed by atoms with Crippen LogP contribution in [0.2, 0.25) is 0 Å². The van der Waals surface area contributed by atoms with Crippen LogP contribution in [0.1, 0.15) is 107 Å². The van der Waals surface area contributed by atoms with Gasteiger partial charge >= 0.3 is 5.97 Å². The predicted molar refractivity (Wildman–Crippen MR) is 422 cm³/mol. The Balaban J connectivity index is 1.25. The SMILES string of the molecule is CCCC[C@H](NC(=O)[C@@H](NC(=O)[C@H](Cc1ccc(O)cc1)NC(C)=O)C(C)C)C(=O)NCC(=O)N[C@@H](Cc1cnc[nH]1)C(=O)N[C@@H](Cc1ccccc1)C(=O)N[C@@H](CCCNC(=N)N)C(=O)N[C@@H](Cc1c[nH]c2ccccc12)C(=O)N[C@@H](CC(=O)O)C(=O)N[C@@H](CCCNC(=N)N)C(=O)N[C@@H](Cc1ccccc1)C(=O)NCC(N)=O. The second-order valence-electron chi connectivity index (χ2n) is 27.7. The maximum absolute atomic E-state index is 15.2. The van der Waals surface area contributed by atoms with E-state index in [1.54, 1.807) is 117 Å². The van der Waals surface area contributed by atoms with Crippen molar-refractivity contribution < 1.29 is 77.3 Å². The van der Waals surface area contributed by atoms with Crippen molar-refractivity contribution in [1.29, 1.82) is 10.8 Å². The molecule has 38 nitrogen and oxygen atoms in total. The highest BCUT2D eigenvalue weighted by molar-refractivity contribution is 6.00. The Morgan fingerprint density at radius 2 is 0.878 bits per heavy atom. The summed E-state index contributed by atoms with van der Waals surface area (Å²) in [5, 5.41) is 72.4. The summed E-state index contributed by atoms with van der Waals surface area (Å²) < 4.78 is 0. The number of aromatic hydroxyl groups is 1. The number of aliphatic carboxylic acids is 1. The van der Waals surface area contributed by atoms with E-state index in [0.29, 0.717) is 51.7 Å². The van der Waals surface area contributed by atoms with E-state index in [9.17, 15) is 63.0 Å². The highest BCUT2D eigenvalue weighted by atomic mass is 16.4. The number of phenolic OH excluding ortho intramolecular Hbond substituents is 1. The summed E-state index contributed by atoms with van der Waals surface area (Å²) in [5.74, 6) is -14.6. The average Bonchev–Trinajstić information content (AvgIpc) is 1.59. The second kappa shape index (κ2) is 46.4. The Labute approximate surface area is 662 Å². The van der Waals surface area contributed by atoms with Gasteiger partial charge in [-0.05, 0) is 78.5 Å². The number of primary amides is 1. The van der Waals surface area contributed by atoms with E-state index in [1.807, 2.05) is 6.92 Å². The number of carbonyl (C=O) groups is 14. The minimum Gasteiger partial charge on any atom is -0.508 e. The van der Waals surface area contributed by atoms with Gasteiger partial charge in [-0.25, -0.2) is 4.98 Å². The van der Waals surface area contributed by atoms with Crippen LogP contribution in [0.15, 0.2) is 128 Å². The van der Waals surface area contributed by atoms with Crippen LogP contribution in [0.4, 0.5) is 0 Å². The maximum atomic E-state index is 15.2. The van der Waals surface area contributed by atoms with Crippen LogP contribution in [-0.4, -0.2) is 206 Å². The van der Waals surface area contributed by atoms with Crippen molar-refractivity contribution in [2.75, 3.05) is 26.2 Å². The number of nitrogens with zero attached hydrogens (tertiary/aromatic N) is 1. The molecule has 0 fully saturated rings. The zero-order chi connectivity index (χ0) is 84.1. The van der Waals surface area contributed by atoms with Crippen molar-refractivity contribution >= 4 is 106 Å². The lowest BCUT2D eigenvalue weighted by Gasteiger charge is -2.28. The van der Waals surface area contributed by atoms with Crippen LogP contribution < -0.4 is 91.6 Å². The number of rotatable bonds is 48. The van der Waals surface area contributed by atoms with Crippen LogP contribution in [0.3, 0.4) is 0 Å². The predicted octanol–water partition coefficient (Wildman–Crippen LogP) is -2.46. The summed E-state index contributed by atoms with van der Waals surface area (Å²) in [6.45, 7) is 5.04. The van der Waals surface area contributed by atoms with Crippen LogP contribution >= 0.6 is 0 Å². The highest BCUT2D eigenvalue weighted by Gasteiger charge is 2.37. The number of nitrogens with one attached hydrogen (secondary N) is 18. The highest BCUT2D eigenvalue weighted by Crippen LogP contribution is 2.21. The molecule has 4 aromatic carbocycles. The topological polar surface area (TPSA) is 618 Å². The third-order valence-corrected chi connectivity index (χ3v) is 18.1.